The van der Waals surface area contributed by atoms with E-state index < -0.39 is 0 Å². The van der Waals surface area contributed by atoms with E-state index >= 15 is 0 Å². The van der Waals surface area contributed by atoms with Crippen molar-refractivity contribution in [2.75, 3.05) is 5.32 Å². The van der Waals surface area contributed by atoms with Crippen LogP contribution in [0.4, 0.5) is 5.69 Å². The summed E-state index contributed by atoms with van der Waals surface area (Å²) in [5, 5.41) is 2.93. The first-order valence-electron chi connectivity index (χ1n) is 9.42. The van der Waals surface area contributed by atoms with Gasteiger partial charge >= 0.3 is 0 Å². The molecule has 0 aliphatic carbocycles. The Bertz CT molecular complexity index is 1140. The second-order valence-corrected chi connectivity index (χ2v) is 7.03. The zero-order valence-electron chi connectivity index (χ0n) is 16.2. The minimum Gasteiger partial charge on any atom is -0.436 e. The number of fused-ring (bicyclic) bond motifs is 1. The van der Waals surface area contributed by atoms with Gasteiger partial charge in [-0.15, -0.1) is 0 Å². The predicted octanol–water partition coefficient (Wildman–Crippen LogP) is 5.93. The van der Waals surface area contributed by atoms with E-state index in [9.17, 15) is 4.79 Å². The van der Waals surface area contributed by atoms with Crippen molar-refractivity contribution in [3.8, 4) is 11.5 Å². The van der Waals surface area contributed by atoms with E-state index in [0.29, 0.717) is 11.5 Å². The van der Waals surface area contributed by atoms with Gasteiger partial charge in [0, 0.05) is 16.8 Å². The molecule has 1 aromatic heterocycles. The van der Waals surface area contributed by atoms with E-state index in [1.54, 1.807) is 0 Å². The molecule has 1 heterocycles. The number of benzene rings is 3. The molecule has 0 saturated carbocycles. The number of anilines is 1. The van der Waals surface area contributed by atoms with Crippen molar-refractivity contribution in [1.82, 2.24) is 4.98 Å². The van der Waals surface area contributed by atoms with Gasteiger partial charge in [0.05, 0.1) is 0 Å². The molecule has 4 nitrogen and oxygen atoms in total. The van der Waals surface area contributed by atoms with Gasteiger partial charge in [0.15, 0.2) is 5.58 Å². The maximum Gasteiger partial charge on any atom is 0.255 e. The highest BCUT2D eigenvalue weighted by Gasteiger charge is 2.11. The quantitative estimate of drug-likeness (QED) is 0.485. The van der Waals surface area contributed by atoms with Gasteiger partial charge in [0.1, 0.15) is 5.52 Å². The molecule has 0 unspecified atom stereocenters. The van der Waals surface area contributed by atoms with Gasteiger partial charge in [-0.25, -0.2) is 4.98 Å². The van der Waals surface area contributed by atoms with E-state index in [-0.39, 0.29) is 5.91 Å². The maximum atomic E-state index is 12.4. The average molecular weight is 370 g/mol. The highest BCUT2D eigenvalue weighted by molar-refractivity contribution is 6.04. The number of oxazole rings is 1. The van der Waals surface area contributed by atoms with Gasteiger partial charge in [-0.3, -0.25) is 4.79 Å². The fourth-order valence-electron chi connectivity index (χ4n) is 3.29. The second-order valence-electron chi connectivity index (χ2n) is 7.03. The average Bonchev–Trinajstić information content (AvgIpc) is 3.13. The van der Waals surface area contributed by atoms with Gasteiger partial charge in [0.25, 0.3) is 5.91 Å². The molecule has 0 fully saturated rings. The summed E-state index contributed by atoms with van der Waals surface area (Å²) in [5.41, 5.74) is 7.38. The Morgan fingerprint density at radius 3 is 2.39 bits per heavy atom. The molecule has 1 amide bonds. The zero-order valence-corrected chi connectivity index (χ0v) is 16.2. The van der Waals surface area contributed by atoms with Crippen LogP contribution in [0.15, 0.2) is 65.1 Å². The minimum atomic E-state index is -0.122. The summed E-state index contributed by atoms with van der Waals surface area (Å²) in [7, 11) is 0. The monoisotopic (exact) mass is 370 g/mol. The van der Waals surface area contributed by atoms with Crippen molar-refractivity contribution in [3.05, 3.63) is 82.9 Å². The van der Waals surface area contributed by atoms with Crippen molar-refractivity contribution in [2.24, 2.45) is 0 Å². The number of hydrogen-bond acceptors (Lipinski definition) is 3. The van der Waals surface area contributed by atoms with E-state index in [0.717, 1.165) is 39.9 Å². The van der Waals surface area contributed by atoms with Crippen LogP contribution in [0.2, 0.25) is 0 Å². The summed E-state index contributed by atoms with van der Waals surface area (Å²) in [6.45, 7) is 6.17. The third kappa shape index (κ3) is 3.54. The van der Waals surface area contributed by atoms with Crippen molar-refractivity contribution in [3.63, 3.8) is 0 Å². The normalized spacial score (nSPS) is 11.0. The van der Waals surface area contributed by atoms with Crippen LogP contribution in [0.25, 0.3) is 22.6 Å². The third-order valence-electron chi connectivity index (χ3n) is 4.83. The molecule has 140 valence electrons. The zero-order chi connectivity index (χ0) is 19.7. The molecule has 0 bridgehead atoms. The summed E-state index contributed by atoms with van der Waals surface area (Å²) in [4.78, 5) is 17.0. The van der Waals surface area contributed by atoms with Crippen LogP contribution < -0.4 is 5.32 Å². The molecule has 3 aromatic carbocycles. The first kappa shape index (κ1) is 18.0. The molecule has 0 atom stereocenters. The van der Waals surface area contributed by atoms with Crippen LogP contribution in [0, 0.1) is 13.8 Å². The maximum absolute atomic E-state index is 12.4. The van der Waals surface area contributed by atoms with Crippen LogP contribution in [0.3, 0.4) is 0 Å². The summed E-state index contributed by atoms with van der Waals surface area (Å²) in [6, 6.07) is 19.3. The van der Waals surface area contributed by atoms with Crippen LogP contribution in [-0.2, 0) is 6.42 Å². The smallest absolute Gasteiger partial charge is 0.255 e. The summed E-state index contributed by atoms with van der Waals surface area (Å²) < 4.78 is 5.95. The lowest BCUT2D eigenvalue weighted by Gasteiger charge is -2.06. The predicted molar refractivity (Wildman–Crippen MR) is 113 cm³/mol. The standard InChI is InChI=1S/C24H22N2O2/c1-4-17-5-7-18(8-6-17)23(27)25-20-11-9-19(10-12-20)24-26-21-14-15(2)13-16(3)22(21)28-24/h5-14H,4H2,1-3H3,(H,25,27). The summed E-state index contributed by atoms with van der Waals surface area (Å²) in [6.07, 6.45) is 0.957. The molecule has 4 heteroatoms. The largest absolute Gasteiger partial charge is 0.436 e. The highest BCUT2D eigenvalue weighted by Crippen LogP contribution is 2.28. The lowest BCUT2D eigenvalue weighted by molar-refractivity contribution is 0.102. The third-order valence-corrected chi connectivity index (χ3v) is 4.83. The van der Waals surface area contributed by atoms with Gasteiger partial charge in [-0.1, -0.05) is 25.1 Å². The van der Waals surface area contributed by atoms with Crippen molar-refractivity contribution in [2.45, 2.75) is 27.2 Å². The first-order chi connectivity index (χ1) is 13.5. The Hall–Kier alpha value is -3.40. The molecule has 0 saturated heterocycles. The molecule has 0 spiro atoms. The number of hydrogen-bond donors (Lipinski definition) is 1. The van der Waals surface area contributed by atoms with Crippen LogP contribution in [0.1, 0.15) is 34.0 Å². The Labute approximate surface area is 164 Å². The molecule has 0 radical (unpaired) electrons. The number of amides is 1. The van der Waals surface area contributed by atoms with Gasteiger partial charge in [-0.2, -0.15) is 0 Å². The molecular weight excluding hydrogens is 348 g/mol. The van der Waals surface area contributed by atoms with Gasteiger partial charge < -0.3 is 9.73 Å². The highest BCUT2D eigenvalue weighted by atomic mass is 16.3. The number of carbonyl (C=O) groups is 1. The molecule has 0 aliphatic heterocycles. The van der Waals surface area contributed by atoms with Crippen molar-refractivity contribution >= 4 is 22.7 Å². The van der Waals surface area contributed by atoms with E-state index in [2.05, 4.69) is 23.3 Å². The Kier molecular flexibility index (Phi) is 4.70. The fraction of sp³-hybridized carbons (Fsp3) is 0.167. The van der Waals surface area contributed by atoms with Crippen LogP contribution in [0.5, 0.6) is 0 Å². The Balaban J connectivity index is 1.53. The fourth-order valence-corrected chi connectivity index (χ4v) is 3.29. The van der Waals surface area contributed by atoms with E-state index in [1.807, 2.05) is 68.4 Å². The van der Waals surface area contributed by atoms with Crippen molar-refractivity contribution in [1.29, 1.82) is 0 Å². The number of aromatic nitrogens is 1. The van der Waals surface area contributed by atoms with Gasteiger partial charge in [-0.05, 0) is 79.4 Å². The molecule has 0 aliphatic rings. The lowest BCUT2D eigenvalue weighted by Crippen LogP contribution is -2.11. The molecule has 1 N–H and O–H groups in total. The molecule has 4 aromatic rings. The van der Waals surface area contributed by atoms with Crippen LogP contribution >= 0.6 is 0 Å². The number of carbonyl (C=O) groups excluding carboxylic acids is 1. The van der Waals surface area contributed by atoms with E-state index in [4.69, 9.17) is 4.42 Å². The number of aryl methyl sites for hydroxylation is 3. The van der Waals surface area contributed by atoms with Gasteiger partial charge in [0.2, 0.25) is 5.89 Å². The molecule has 4 rings (SSSR count). The van der Waals surface area contributed by atoms with Crippen molar-refractivity contribution < 1.29 is 9.21 Å². The second kappa shape index (κ2) is 7.31. The number of rotatable bonds is 4. The Morgan fingerprint density at radius 2 is 1.71 bits per heavy atom. The Morgan fingerprint density at radius 1 is 1.00 bits per heavy atom. The molecular formula is C24H22N2O2. The molecule has 28 heavy (non-hydrogen) atoms. The van der Waals surface area contributed by atoms with E-state index in [1.165, 1.54) is 5.56 Å². The topological polar surface area (TPSA) is 55.1 Å². The minimum absolute atomic E-state index is 0.122. The number of nitrogens with zero attached hydrogens (tertiary/aromatic N) is 1. The first-order valence-corrected chi connectivity index (χ1v) is 9.42. The summed E-state index contributed by atoms with van der Waals surface area (Å²) >= 11 is 0. The van der Waals surface area contributed by atoms with Crippen LogP contribution in [-0.4, -0.2) is 10.9 Å². The number of nitrogens with one attached hydrogen (secondary N) is 1. The SMILES string of the molecule is CCc1ccc(C(=O)Nc2ccc(-c3nc4cc(C)cc(C)c4o3)cc2)cc1. The summed E-state index contributed by atoms with van der Waals surface area (Å²) in [5.74, 6) is 0.458. The lowest BCUT2D eigenvalue weighted by atomic mass is 10.1.